The monoisotopic (exact) mass is 308 g/mol. The number of nitrogens with two attached hydrogens (primary N) is 1. The van der Waals surface area contributed by atoms with Crippen LogP contribution in [0.2, 0.25) is 0 Å². The number of sulfonamides is 1. The Bertz CT molecular complexity index is 627. The lowest BCUT2D eigenvalue weighted by Crippen LogP contribution is -2.38. The lowest BCUT2D eigenvalue weighted by Gasteiger charge is -2.23. The standard InChI is InChI=1S/C16H24N2O2S/c1-2-12-5-6-15(9-14(12)10-17)21(19,20)18-16-8-11-3-4-13(16)7-11/h5-6,9,11,13,16,18H,2-4,7-8,10,17H2,1H3. The van der Waals surface area contributed by atoms with Crippen LogP contribution in [0.1, 0.15) is 43.7 Å². The van der Waals surface area contributed by atoms with Gasteiger partial charge in [0.1, 0.15) is 0 Å². The van der Waals surface area contributed by atoms with Gasteiger partial charge in [-0.3, -0.25) is 0 Å². The predicted octanol–water partition coefficient (Wildman–Crippen LogP) is 2.17. The minimum atomic E-state index is -3.43. The van der Waals surface area contributed by atoms with Crippen molar-refractivity contribution in [1.29, 1.82) is 0 Å². The van der Waals surface area contributed by atoms with Crippen LogP contribution in [0.5, 0.6) is 0 Å². The van der Waals surface area contributed by atoms with Crippen molar-refractivity contribution in [2.24, 2.45) is 17.6 Å². The molecule has 0 aromatic heterocycles. The fraction of sp³-hybridized carbons (Fsp3) is 0.625. The third-order valence-electron chi connectivity index (χ3n) is 5.13. The van der Waals surface area contributed by atoms with Gasteiger partial charge in [0.2, 0.25) is 10.0 Å². The molecule has 0 radical (unpaired) electrons. The van der Waals surface area contributed by atoms with Crippen LogP contribution in [0, 0.1) is 11.8 Å². The number of fused-ring (bicyclic) bond motifs is 2. The molecular weight excluding hydrogens is 284 g/mol. The second kappa shape index (κ2) is 5.71. The van der Waals surface area contributed by atoms with E-state index in [1.54, 1.807) is 12.1 Å². The number of benzene rings is 1. The van der Waals surface area contributed by atoms with Crippen LogP contribution in [0.4, 0.5) is 0 Å². The minimum absolute atomic E-state index is 0.126. The summed E-state index contributed by atoms with van der Waals surface area (Å²) in [4.78, 5) is 0.350. The van der Waals surface area contributed by atoms with Crippen molar-refractivity contribution in [3.63, 3.8) is 0 Å². The first-order valence-electron chi connectivity index (χ1n) is 7.87. The number of nitrogens with one attached hydrogen (secondary N) is 1. The van der Waals surface area contributed by atoms with Crippen LogP contribution in [0.25, 0.3) is 0 Å². The molecule has 21 heavy (non-hydrogen) atoms. The molecule has 0 saturated heterocycles. The van der Waals surface area contributed by atoms with Crippen molar-refractivity contribution < 1.29 is 8.42 Å². The average molecular weight is 308 g/mol. The highest BCUT2D eigenvalue weighted by atomic mass is 32.2. The van der Waals surface area contributed by atoms with Crippen molar-refractivity contribution >= 4 is 10.0 Å². The maximum atomic E-state index is 12.6. The highest BCUT2D eigenvalue weighted by Gasteiger charge is 2.41. The SMILES string of the molecule is CCc1ccc(S(=O)(=O)NC2CC3CCC2C3)cc1CN. The van der Waals surface area contributed by atoms with Gasteiger partial charge in [0.15, 0.2) is 0 Å². The van der Waals surface area contributed by atoms with Crippen molar-refractivity contribution in [1.82, 2.24) is 4.72 Å². The van der Waals surface area contributed by atoms with E-state index in [-0.39, 0.29) is 6.04 Å². The van der Waals surface area contributed by atoms with Gasteiger partial charge in [-0.25, -0.2) is 13.1 Å². The van der Waals surface area contributed by atoms with E-state index in [0.717, 1.165) is 29.9 Å². The molecule has 2 bridgehead atoms. The Kier molecular flexibility index (Phi) is 4.08. The van der Waals surface area contributed by atoms with E-state index >= 15 is 0 Å². The molecule has 2 aliphatic rings. The van der Waals surface area contributed by atoms with Crippen LogP contribution in [0.15, 0.2) is 23.1 Å². The van der Waals surface area contributed by atoms with Gasteiger partial charge in [0.05, 0.1) is 4.90 Å². The first-order valence-corrected chi connectivity index (χ1v) is 9.36. The van der Waals surface area contributed by atoms with Gasteiger partial charge in [-0.05, 0) is 60.8 Å². The fourth-order valence-electron chi connectivity index (χ4n) is 3.96. The largest absolute Gasteiger partial charge is 0.326 e. The van der Waals surface area contributed by atoms with Crippen molar-refractivity contribution in [2.45, 2.75) is 56.5 Å². The molecule has 5 heteroatoms. The summed E-state index contributed by atoms with van der Waals surface area (Å²) in [6.45, 7) is 2.43. The molecule has 0 spiro atoms. The number of aryl methyl sites for hydroxylation is 1. The van der Waals surface area contributed by atoms with E-state index in [4.69, 9.17) is 5.73 Å². The molecule has 0 heterocycles. The Morgan fingerprint density at radius 2 is 2.05 bits per heavy atom. The first kappa shape index (κ1) is 15.0. The van der Waals surface area contributed by atoms with Gasteiger partial charge in [-0.15, -0.1) is 0 Å². The van der Waals surface area contributed by atoms with Gasteiger partial charge in [-0.2, -0.15) is 0 Å². The van der Waals surface area contributed by atoms with E-state index in [0.29, 0.717) is 17.4 Å². The van der Waals surface area contributed by atoms with Gasteiger partial charge < -0.3 is 5.73 Å². The van der Waals surface area contributed by atoms with E-state index < -0.39 is 10.0 Å². The Hall–Kier alpha value is -0.910. The molecule has 3 N–H and O–H groups in total. The quantitative estimate of drug-likeness (QED) is 0.875. The lowest BCUT2D eigenvalue weighted by molar-refractivity contribution is 0.390. The number of rotatable bonds is 5. The third-order valence-corrected chi connectivity index (χ3v) is 6.62. The average Bonchev–Trinajstić information content (AvgIpc) is 3.08. The Morgan fingerprint density at radius 1 is 1.24 bits per heavy atom. The highest BCUT2D eigenvalue weighted by Crippen LogP contribution is 2.44. The first-order chi connectivity index (χ1) is 10.0. The van der Waals surface area contributed by atoms with Crippen LogP contribution in [-0.4, -0.2) is 14.5 Å². The molecule has 116 valence electrons. The highest BCUT2D eigenvalue weighted by molar-refractivity contribution is 7.89. The van der Waals surface area contributed by atoms with Crippen LogP contribution in [-0.2, 0) is 23.0 Å². The zero-order valence-electron chi connectivity index (χ0n) is 12.5. The van der Waals surface area contributed by atoms with E-state index in [9.17, 15) is 8.42 Å². The summed E-state index contributed by atoms with van der Waals surface area (Å²) >= 11 is 0. The zero-order chi connectivity index (χ0) is 15.0. The summed E-state index contributed by atoms with van der Waals surface area (Å²) in [6, 6.07) is 5.44. The number of hydrogen-bond donors (Lipinski definition) is 2. The van der Waals surface area contributed by atoms with Crippen LogP contribution >= 0.6 is 0 Å². The van der Waals surface area contributed by atoms with Gasteiger partial charge in [0.25, 0.3) is 0 Å². The van der Waals surface area contributed by atoms with Crippen molar-refractivity contribution in [3.8, 4) is 0 Å². The lowest BCUT2D eigenvalue weighted by atomic mass is 9.96. The summed E-state index contributed by atoms with van der Waals surface area (Å²) in [6.07, 6.45) is 5.50. The van der Waals surface area contributed by atoms with Gasteiger partial charge >= 0.3 is 0 Å². The zero-order valence-corrected chi connectivity index (χ0v) is 13.3. The molecule has 4 nitrogen and oxygen atoms in total. The Balaban J connectivity index is 1.81. The molecule has 1 aromatic carbocycles. The van der Waals surface area contributed by atoms with Crippen LogP contribution < -0.4 is 10.5 Å². The van der Waals surface area contributed by atoms with Crippen molar-refractivity contribution in [2.75, 3.05) is 0 Å². The molecule has 3 rings (SSSR count). The van der Waals surface area contributed by atoms with E-state index in [2.05, 4.69) is 11.6 Å². The molecule has 1 aromatic rings. The topological polar surface area (TPSA) is 72.2 Å². The Morgan fingerprint density at radius 3 is 2.62 bits per heavy atom. The summed E-state index contributed by atoms with van der Waals surface area (Å²) < 4.78 is 28.1. The second-order valence-corrected chi connectivity index (χ2v) is 8.10. The molecule has 0 amide bonds. The molecule has 0 aliphatic heterocycles. The van der Waals surface area contributed by atoms with Crippen molar-refractivity contribution in [3.05, 3.63) is 29.3 Å². The second-order valence-electron chi connectivity index (χ2n) is 6.39. The molecule has 2 saturated carbocycles. The molecule has 2 fully saturated rings. The summed E-state index contributed by atoms with van der Waals surface area (Å²) in [5.74, 6) is 1.26. The fourth-order valence-corrected chi connectivity index (χ4v) is 5.33. The summed E-state index contributed by atoms with van der Waals surface area (Å²) in [5.41, 5.74) is 7.78. The van der Waals surface area contributed by atoms with Gasteiger partial charge in [-0.1, -0.05) is 19.4 Å². The summed E-state index contributed by atoms with van der Waals surface area (Å²) in [5, 5.41) is 0. The Labute approximate surface area is 127 Å². The maximum absolute atomic E-state index is 12.6. The molecule has 3 atom stereocenters. The number of hydrogen-bond acceptors (Lipinski definition) is 3. The normalized spacial score (nSPS) is 28.2. The predicted molar refractivity (Wildman–Crippen MR) is 83.3 cm³/mol. The summed E-state index contributed by atoms with van der Waals surface area (Å²) in [7, 11) is -3.43. The third kappa shape index (κ3) is 2.87. The van der Waals surface area contributed by atoms with E-state index in [1.165, 1.54) is 19.3 Å². The molecular formula is C16H24N2O2S. The molecule has 3 unspecified atom stereocenters. The van der Waals surface area contributed by atoms with Gasteiger partial charge in [0, 0.05) is 12.6 Å². The van der Waals surface area contributed by atoms with E-state index in [1.807, 2.05) is 6.07 Å². The maximum Gasteiger partial charge on any atom is 0.240 e. The smallest absolute Gasteiger partial charge is 0.240 e. The molecule has 2 aliphatic carbocycles. The minimum Gasteiger partial charge on any atom is -0.326 e. The van der Waals surface area contributed by atoms with Crippen LogP contribution in [0.3, 0.4) is 0 Å².